The quantitative estimate of drug-likeness (QED) is 0.818. The van der Waals surface area contributed by atoms with Crippen molar-refractivity contribution in [2.75, 3.05) is 19.6 Å². The number of imidazole rings is 1. The van der Waals surface area contributed by atoms with Crippen molar-refractivity contribution >= 4 is 6.03 Å². The molecule has 1 saturated heterocycles. The standard InChI is InChI=1S/C20H28N4O/c1-17-15-24(13-9-19(17)18-7-3-2-4-8-18)20(25)22-10-5-6-12-23-14-11-21-16-23/h2-4,7-8,11,14,16-17,19H,5-6,9-10,12-13,15H2,1H3,(H,22,25)/t17-,19-/m1/s1. The van der Waals surface area contributed by atoms with E-state index in [0.717, 1.165) is 45.4 Å². The van der Waals surface area contributed by atoms with Crippen LogP contribution in [0.3, 0.4) is 0 Å². The summed E-state index contributed by atoms with van der Waals surface area (Å²) in [7, 11) is 0. The largest absolute Gasteiger partial charge is 0.338 e. The molecule has 0 radical (unpaired) electrons. The van der Waals surface area contributed by atoms with Crippen LogP contribution in [0.1, 0.15) is 37.7 Å². The molecule has 1 aromatic heterocycles. The van der Waals surface area contributed by atoms with Gasteiger partial charge < -0.3 is 14.8 Å². The zero-order valence-corrected chi connectivity index (χ0v) is 15.0. The predicted molar refractivity (Wildman–Crippen MR) is 99.4 cm³/mol. The van der Waals surface area contributed by atoms with E-state index in [9.17, 15) is 4.79 Å². The molecule has 2 atom stereocenters. The Bertz CT molecular complexity index is 641. The van der Waals surface area contributed by atoms with Gasteiger partial charge in [-0.2, -0.15) is 0 Å². The van der Waals surface area contributed by atoms with Crippen molar-refractivity contribution in [3.8, 4) is 0 Å². The number of hydrogen-bond donors (Lipinski definition) is 1. The number of piperidine rings is 1. The topological polar surface area (TPSA) is 50.2 Å². The van der Waals surface area contributed by atoms with Crippen molar-refractivity contribution in [2.45, 2.75) is 38.6 Å². The molecule has 0 spiro atoms. The van der Waals surface area contributed by atoms with E-state index in [0.29, 0.717) is 11.8 Å². The fourth-order valence-corrected chi connectivity index (χ4v) is 3.67. The molecule has 0 bridgehead atoms. The number of urea groups is 1. The molecule has 1 fully saturated rings. The number of nitrogens with zero attached hydrogens (tertiary/aromatic N) is 3. The second-order valence-corrected chi connectivity index (χ2v) is 6.97. The average Bonchev–Trinajstić information content (AvgIpc) is 3.15. The second-order valence-electron chi connectivity index (χ2n) is 6.97. The van der Waals surface area contributed by atoms with Crippen LogP contribution in [0.25, 0.3) is 0 Å². The highest BCUT2D eigenvalue weighted by Gasteiger charge is 2.29. The number of rotatable bonds is 6. The van der Waals surface area contributed by atoms with Crippen LogP contribution < -0.4 is 5.32 Å². The fraction of sp³-hybridized carbons (Fsp3) is 0.500. The molecule has 5 nitrogen and oxygen atoms in total. The summed E-state index contributed by atoms with van der Waals surface area (Å²) in [6.45, 7) is 5.61. The summed E-state index contributed by atoms with van der Waals surface area (Å²) in [4.78, 5) is 18.4. The third kappa shape index (κ3) is 4.84. The van der Waals surface area contributed by atoms with Gasteiger partial charge in [-0.1, -0.05) is 37.3 Å². The first kappa shape index (κ1) is 17.5. The average molecular weight is 340 g/mol. The van der Waals surface area contributed by atoms with Crippen molar-refractivity contribution in [2.24, 2.45) is 5.92 Å². The normalized spacial score (nSPS) is 20.4. The molecule has 5 heteroatoms. The van der Waals surface area contributed by atoms with Crippen LogP contribution in [0.2, 0.25) is 0 Å². The van der Waals surface area contributed by atoms with Gasteiger partial charge in [0, 0.05) is 38.6 Å². The van der Waals surface area contributed by atoms with E-state index in [-0.39, 0.29) is 6.03 Å². The number of unbranched alkanes of at least 4 members (excludes halogenated alkanes) is 1. The van der Waals surface area contributed by atoms with Crippen LogP contribution in [0, 0.1) is 5.92 Å². The SMILES string of the molecule is C[C@@H]1CN(C(=O)NCCCCn2ccnc2)CC[C@H]1c1ccccc1. The molecule has 3 rings (SSSR count). The van der Waals surface area contributed by atoms with E-state index in [1.165, 1.54) is 5.56 Å². The number of carbonyl (C=O) groups is 1. The molecular weight excluding hydrogens is 312 g/mol. The summed E-state index contributed by atoms with van der Waals surface area (Å²) >= 11 is 0. The third-order valence-electron chi connectivity index (χ3n) is 5.10. The molecule has 0 aliphatic carbocycles. The van der Waals surface area contributed by atoms with E-state index in [4.69, 9.17) is 0 Å². The molecule has 1 aliphatic rings. The molecule has 25 heavy (non-hydrogen) atoms. The summed E-state index contributed by atoms with van der Waals surface area (Å²) in [6.07, 6.45) is 8.66. The first-order valence-electron chi connectivity index (χ1n) is 9.27. The van der Waals surface area contributed by atoms with Crippen LogP contribution in [-0.2, 0) is 6.54 Å². The van der Waals surface area contributed by atoms with Gasteiger partial charge in [-0.25, -0.2) is 9.78 Å². The van der Waals surface area contributed by atoms with Gasteiger partial charge in [-0.05, 0) is 36.7 Å². The van der Waals surface area contributed by atoms with Crippen molar-refractivity contribution in [3.63, 3.8) is 0 Å². The summed E-state index contributed by atoms with van der Waals surface area (Å²) in [5.74, 6) is 1.04. The lowest BCUT2D eigenvalue weighted by Crippen LogP contribution is -2.47. The molecule has 134 valence electrons. The van der Waals surface area contributed by atoms with E-state index in [2.05, 4.69) is 52.1 Å². The highest BCUT2D eigenvalue weighted by atomic mass is 16.2. The Labute approximate surface area is 150 Å². The van der Waals surface area contributed by atoms with Gasteiger partial charge in [0.25, 0.3) is 0 Å². The Morgan fingerprint density at radius 1 is 1.28 bits per heavy atom. The molecule has 2 heterocycles. The van der Waals surface area contributed by atoms with E-state index in [1.54, 1.807) is 6.20 Å². The molecule has 2 amide bonds. The Morgan fingerprint density at radius 2 is 2.12 bits per heavy atom. The Balaban J connectivity index is 1.37. The van der Waals surface area contributed by atoms with Crippen LogP contribution in [0.4, 0.5) is 4.79 Å². The molecule has 0 saturated carbocycles. The molecule has 1 N–H and O–H groups in total. The number of aromatic nitrogens is 2. The summed E-state index contributed by atoms with van der Waals surface area (Å²) in [6, 6.07) is 10.8. The Morgan fingerprint density at radius 3 is 2.84 bits per heavy atom. The lowest BCUT2D eigenvalue weighted by molar-refractivity contribution is 0.159. The molecule has 1 aromatic carbocycles. The number of aryl methyl sites for hydroxylation is 1. The highest BCUT2D eigenvalue weighted by Crippen LogP contribution is 2.32. The minimum atomic E-state index is 0.0843. The maximum absolute atomic E-state index is 12.4. The minimum absolute atomic E-state index is 0.0843. The van der Waals surface area contributed by atoms with Crippen LogP contribution in [-0.4, -0.2) is 40.1 Å². The molecule has 2 aromatic rings. The van der Waals surface area contributed by atoms with Gasteiger partial charge in [0.15, 0.2) is 0 Å². The zero-order chi connectivity index (χ0) is 17.5. The lowest BCUT2D eigenvalue weighted by atomic mass is 9.82. The van der Waals surface area contributed by atoms with E-state index >= 15 is 0 Å². The Kier molecular flexibility index (Phi) is 6.09. The number of likely N-dealkylation sites (tertiary alicyclic amines) is 1. The van der Waals surface area contributed by atoms with Crippen LogP contribution in [0.5, 0.6) is 0 Å². The lowest BCUT2D eigenvalue weighted by Gasteiger charge is -2.37. The summed E-state index contributed by atoms with van der Waals surface area (Å²) in [5, 5.41) is 3.07. The summed E-state index contributed by atoms with van der Waals surface area (Å²) in [5.41, 5.74) is 1.40. The van der Waals surface area contributed by atoms with Crippen molar-refractivity contribution in [1.29, 1.82) is 0 Å². The fourth-order valence-electron chi connectivity index (χ4n) is 3.67. The van der Waals surface area contributed by atoms with Gasteiger partial charge in [-0.3, -0.25) is 0 Å². The smallest absolute Gasteiger partial charge is 0.317 e. The molecular formula is C20H28N4O. The number of carbonyl (C=O) groups excluding carboxylic acids is 1. The van der Waals surface area contributed by atoms with Crippen molar-refractivity contribution in [1.82, 2.24) is 19.8 Å². The maximum Gasteiger partial charge on any atom is 0.317 e. The van der Waals surface area contributed by atoms with Gasteiger partial charge in [0.05, 0.1) is 6.33 Å². The van der Waals surface area contributed by atoms with Crippen LogP contribution >= 0.6 is 0 Å². The predicted octanol–water partition coefficient (Wildman–Crippen LogP) is 3.50. The molecule has 1 aliphatic heterocycles. The monoisotopic (exact) mass is 340 g/mol. The first-order valence-corrected chi connectivity index (χ1v) is 9.27. The van der Waals surface area contributed by atoms with Gasteiger partial charge >= 0.3 is 6.03 Å². The maximum atomic E-state index is 12.4. The van der Waals surface area contributed by atoms with E-state index in [1.807, 2.05) is 17.4 Å². The number of hydrogen-bond acceptors (Lipinski definition) is 2. The first-order chi connectivity index (χ1) is 12.2. The zero-order valence-electron chi connectivity index (χ0n) is 15.0. The van der Waals surface area contributed by atoms with Crippen molar-refractivity contribution in [3.05, 3.63) is 54.6 Å². The van der Waals surface area contributed by atoms with Crippen molar-refractivity contribution < 1.29 is 4.79 Å². The third-order valence-corrected chi connectivity index (χ3v) is 5.10. The minimum Gasteiger partial charge on any atom is -0.338 e. The number of amides is 2. The number of benzene rings is 1. The summed E-state index contributed by atoms with van der Waals surface area (Å²) < 4.78 is 2.07. The van der Waals surface area contributed by atoms with Gasteiger partial charge in [-0.15, -0.1) is 0 Å². The van der Waals surface area contributed by atoms with E-state index < -0.39 is 0 Å². The highest BCUT2D eigenvalue weighted by molar-refractivity contribution is 5.74. The van der Waals surface area contributed by atoms with Crippen LogP contribution in [0.15, 0.2) is 49.1 Å². The van der Waals surface area contributed by atoms with Gasteiger partial charge in [0.1, 0.15) is 0 Å². The van der Waals surface area contributed by atoms with Gasteiger partial charge in [0.2, 0.25) is 0 Å². The molecule has 0 unspecified atom stereocenters. The number of nitrogens with one attached hydrogen (secondary N) is 1. The second kappa shape index (κ2) is 8.70. The Hall–Kier alpha value is -2.30.